The van der Waals surface area contributed by atoms with Gasteiger partial charge in [-0.15, -0.1) is 0 Å². The van der Waals surface area contributed by atoms with Gasteiger partial charge in [-0.2, -0.15) is 8.78 Å². The second-order valence-electron chi connectivity index (χ2n) is 5.60. The van der Waals surface area contributed by atoms with Crippen LogP contribution in [-0.4, -0.2) is 16.2 Å². The van der Waals surface area contributed by atoms with Crippen LogP contribution < -0.4 is 10.6 Å². The number of alkyl halides is 2. The van der Waals surface area contributed by atoms with Crippen molar-refractivity contribution in [2.45, 2.75) is 13.0 Å². The van der Waals surface area contributed by atoms with Gasteiger partial charge in [0.25, 0.3) is 0 Å². The van der Waals surface area contributed by atoms with Crippen molar-refractivity contribution in [2.24, 2.45) is 0 Å². The van der Waals surface area contributed by atoms with Crippen molar-refractivity contribution in [3.05, 3.63) is 70.7 Å². The minimum atomic E-state index is -2.82. The molecule has 0 radical (unpaired) electrons. The molecule has 1 aliphatic rings. The fourth-order valence-corrected chi connectivity index (χ4v) is 3.00. The van der Waals surface area contributed by atoms with Crippen LogP contribution in [0.3, 0.4) is 0 Å². The fourth-order valence-electron chi connectivity index (χ4n) is 3.00. The maximum Gasteiger partial charge on any atom is 0.387 e. The van der Waals surface area contributed by atoms with E-state index in [9.17, 15) is 8.78 Å². The first-order valence-electron chi connectivity index (χ1n) is 7.53. The first kappa shape index (κ1) is 14.6. The number of hydrogen-bond acceptors (Lipinski definition) is 2. The Kier molecular flexibility index (Phi) is 3.41. The molecule has 120 valence electrons. The maximum absolute atomic E-state index is 12.4. The molecule has 1 aromatic carbocycles. The molecule has 4 rings (SSSR count). The van der Waals surface area contributed by atoms with Gasteiger partial charge in [0.2, 0.25) is 0 Å². The van der Waals surface area contributed by atoms with Crippen LogP contribution in [0.4, 0.5) is 8.78 Å². The van der Waals surface area contributed by atoms with Crippen LogP contribution >= 0.6 is 0 Å². The lowest BCUT2D eigenvalue weighted by Gasteiger charge is -2.08. The van der Waals surface area contributed by atoms with Crippen molar-refractivity contribution < 1.29 is 13.5 Å². The molecule has 1 aliphatic carbocycles. The molecule has 0 saturated heterocycles. The Hall–Kier alpha value is -2.95. The molecule has 0 saturated carbocycles. The number of rotatable bonds is 3. The van der Waals surface area contributed by atoms with Crippen LogP contribution in [0.2, 0.25) is 0 Å². The molecule has 0 atom stereocenters. The highest BCUT2D eigenvalue weighted by molar-refractivity contribution is 5.80. The highest BCUT2D eigenvalue weighted by atomic mass is 19.3. The molecule has 0 amide bonds. The van der Waals surface area contributed by atoms with Gasteiger partial charge in [0.1, 0.15) is 5.76 Å². The molecule has 0 aliphatic heterocycles. The third-order valence-corrected chi connectivity index (χ3v) is 4.13. The predicted molar refractivity (Wildman–Crippen MR) is 89.2 cm³/mol. The zero-order chi connectivity index (χ0) is 16.7. The second kappa shape index (κ2) is 5.60. The SMILES string of the molecule is C=c1c2c(cn1-c1ccc3ncccc3c1)CC=C(OC(F)F)C=2. The Labute approximate surface area is 136 Å². The summed E-state index contributed by atoms with van der Waals surface area (Å²) in [7, 11) is 0. The third kappa shape index (κ3) is 2.48. The van der Waals surface area contributed by atoms with Gasteiger partial charge >= 0.3 is 6.61 Å². The van der Waals surface area contributed by atoms with Crippen molar-refractivity contribution in [1.29, 1.82) is 0 Å². The topological polar surface area (TPSA) is 27.1 Å². The molecule has 5 heteroatoms. The van der Waals surface area contributed by atoms with Crippen molar-refractivity contribution in [3.63, 3.8) is 0 Å². The summed E-state index contributed by atoms with van der Waals surface area (Å²) in [5, 5.41) is 2.61. The van der Waals surface area contributed by atoms with Gasteiger partial charge < -0.3 is 9.30 Å². The van der Waals surface area contributed by atoms with Gasteiger partial charge in [-0.05, 0) is 48.4 Å². The minimum Gasteiger partial charge on any atom is -0.435 e. The molecule has 0 spiro atoms. The molecule has 0 unspecified atom stereocenters. The molecule has 0 N–H and O–H groups in total. The number of aromatic nitrogens is 2. The molecule has 0 fully saturated rings. The van der Waals surface area contributed by atoms with E-state index in [1.54, 1.807) is 18.3 Å². The Bertz CT molecular complexity index is 1070. The zero-order valence-electron chi connectivity index (χ0n) is 12.7. The molecule has 2 aromatic heterocycles. The van der Waals surface area contributed by atoms with Crippen LogP contribution in [0.25, 0.3) is 29.2 Å². The van der Waals surface area contributed by atoms with Crippen molar-refractivity contribution in [3.8, 4) is 5.69 Å². The Morgan fingerprint density at radius 1 is 1.25 bits per heavy atom. The Morgan fingerprint density at radius 3 is 2.96 bits per heavy atom. The highest BCUT2D eigenvalue weighted by Gasteiger charge is 2.13. The van der Waals surface area contributed by atoms with Crippen molar-refractivity contribution in [2.75, 3.05) is 0 Å². The highest BCUT2D eigenvalue weighted by Crippen LogP contribution is 2.17. The summed E-state index contributed by atoms with van der Waals surface area (Å²) in [5.41, 5.74) is 2.91. The Balaban J connectivity index is 1.81. The van der Waals surface area contributed by atoms with Gasteiger partial charge in [0.05, 0.1) is 5.52 Å². The smallest absolute Gasteiger partial charge is 0.387 e. The van der Waals surface area contributed by atoms with E-state index in [2.05, 4.69) is 16.3 Å². The van der Waals surface area contributed by atoms with Crippen molar-refractivity contribution in [1.82, 2.24) is 9.55 Å². The average molecular weight is 324 g/mol. The van der Waals surface area contributed by atoms with E-state index >= 15 is 0 Å². The van der Waals surface area contributed by atoms with Gasteiger partial charge in [0.15, 0.2) is 0 Å². The molecule has 2 heterocycles. The van der Waals surface area contributed by atoms with Crippen LogP contribution in [0.15, 0.2) is 54.6 Å². The van der Waals surface area contributed by atoms with E-state index in [0.29, 0.717) is 6.42 Å². The number of hydrogen-bond donors (Lipinski definition) is 0. The van der Waals surface area contributed by atoms with E-state index in [0.717, 1.165) is 32.7 Å². The van der Waals surface area contributed by atoms with Crippen LogP contribution in [0.5, 0.6) is 0 Å². The number of benzene rings is 1. The Morgan fingerprint density at radius 2 is 2.12 bits per heavy atom. The van der Waals surface area contributed by atoms with Gasteiger partial charge in [-0.25, -0.2) is 0 Å². The van der Waals surface area contributed by atoms with E-state index in [4.69, 9.17) is 0 Å². The first-order chi connectivity index (χ1) is 11.6. The van der Waals surface area contributed by atoms with E-state index < -0.39 is 6.61 Å². The lowest BCUT2D eigenvalue weighted by atomic mass is 10.1. The summed E-state index contributed by atoms with van der Waals surface area (Å²) in [6, 6.07) is 9.85. The van der Waals surface area contributed by atoms with Crippen molar-refractivity contribution >= 4 is 23.6 Å². The maximum atomic E-state index is 12.4. The standard InChI is InChI=1S/C19H14F2N2O/c1-12-17-10-16(24-19(20)21)6-4-14(17)11-23(12)15-5-7-18-13(9-15)3-2-8-22-18/h2-3,5-11,19H,1,4H2. The summed E-state index contributed by atoms with van der Waals surface area (Å²) in [6.07, 6.45) is 7.56. The van der Waals surface area contributed by atoms with Crippen LogP contribution in [-0.2, 0) is 11.2 Å². The summed E-state index contributed by atoms with van der Waals surface area (Å²) >= 11 is 0. The largest absolute Gasteiger partial charge is 0.435 e. The number of halogens is 2. The van der Waals surface area contributed by atoms with E-state index in [-0.39, 0.29) is 5.76 Å². The summed E-state index contributed by atoms with van der Waals surface area (Å²) in [5.74, 6) is 0.183. The molecule has 24 heavy (non-hydrogen) atoms. The van der Waals surface area contributed by atoms with Gasteiger partial charge in [0, 0.05) is 34.0 Å². The summed E-state index contributed by atoms with van der Waals surface area (Å²) in [4.78, 5) is 4.31. The van der Waals surface area contributed by atoms with Crippen LogP contribution in [0, 0.1) is 0 Å². The number of nitrogens with zero attached hydrogens (tertiary/aromatic N) is 2. The van der Waals surface area contributed by atoms with E-state index in [1.807, 2.05) is 41.1 Å². The predicted octanol–water partition coefficient (Wildman–Crippen LogP) is 2.90. The normalized spacial score (nSPS) is 13.5. The summed E-state index contributed by atoms with van der Waals surface area (Å²) < 4.78 is 31.3. The number of allylic oxidation sites excluding steroid dienone is 2. The number of fused-ring (bicyclic) bond motifs is 2. The number of ether oxygens (including phenoxy) is 1. The molecular formula is C19H14F2N2O. The fraction of sp³-hybridized carbons (Fsp3) is 0.105. The van der Waals surface area contributed by atoms with Gasteiger partial charge in [-0.1, -0.05) is 12.6 Å². The molecular weight excluding hydrogens is 310 g/mol. The minimum absolute atomic E-state index is 0.183. The molecule has 0 bridgehead atoms. The molecule has 3 nitrogen and oxygen atoms in total. The lowest BCUT2D eigenvalue weighted by molar-refractivity contribution is -0.0905. The monoisotopic (exact) mass is 324 g/mol. The summed E-state index contributed by atoms with van der Waals surface area (Å²) in [6.45, 7) is 1.29. The molecule has 3 aromatic rings. The second-order valence-corrected chi connectivity index (χ2v) is 5.60. The van der Waals surface area contributed by atoms with Gasteiger partial charge in [-0.3, -0.25) is 4.98 Å². The zero-order valence-corrected chi connectivity index (χ0v) is 12.7. The average Bonchev–Trinajstić information content (AvgIpc) is 2.90. The lowest BCUT2D eigenvalue weighted by Crippen LogP contribution is -2.29. The first-order valence-corrected chi connectivity index (χ1v) is 7.53. The van der Waals surface area contributed by atoms with E-state index in [1.165, 1.54) is 0 Å². The van der Waals surface area contributed by atoms with Crippen LogP contribution in [0.1, 0.15) is 5.56 Å². The quantitative estimate of drug-likeness (QED) is 0.741. The number of pyridine rings is 1. The third-order valence-electron chi connectivity index (χ3n) is 4.13.